The number of ether oxygens (including phenoxy) is 1. The van der Waals surface area contributed by atoms with Gasteiger partial charge >= 0.3 is 0 Å². The van der Waals surface area contributed by atoms with Crippen LogP contribution >= 0.6 is 0 Å². The van der Waals surface area contributed by atoms with Crippen molar-refractivity contribution >= 4 is 5.69 Å². The van der Waals surface area contributed by atoms with Crippen LogP contribution in [0.1, 0.15) is 12.8 Å². The van der Waals surface area contributed by atoms with E-state index in [2.05, 4.69) is 9.80 Å². The quantitative estimate of drug-likeness (QED) is 0.869. The number of piperidine rings is 1. The largest absolute Gasteiger partial charge is 0.492 e. The number of hydrogen-bond donors (Lipinski definition) is 1. The first kappa shape index (κ1) is 18.4. The molecule has 0 unspecified atom stereocenters. The lowest BCUT2D eigenvalue weighted by molar-refractivity contribution is 0.173. The van der Waals surface area contributed by atoms with Crippen LogP contribution in [0.15, 0.2) is 12.1 Å². The first-order valence-corrected chi connectivity index (χ1v) is 9.06. The number of hydrogen-bond acceptors (Lipinski definition) is 5. The highest BCUT2D eigenvalue weighted by Gasteiger charge is 2.22. The molecule has 0 atom stereocenters. The van der Waals surface area contributed by atoms with Crippen molar-refractivity contribution in [3.63, 3.8) is 0 Å². The van der Waals surface area contributed by atoms with E-state index in [1.807, 2.05) is 7.05 Å². The molecule has 2 aliphatic heterocycles. The summed E-state index contributed by atoms with van der Waals surface area (Å²) in [7, 11) is 2.01. The van der Waals surface area contributed by atoms with E-state index in [-0.39, 0.29) is 11.4 Å². The van der Waals surface area contributed by atoms with E-state index in [9.17, 15) is 8.78 Å². The van der Waals surface area contributed by atoms with Crippen LogP contribution in [0, 0.1) is 11.6 Å². The Morgan fingerprint density at radius 2 is 1.64 bits per heavy atom. The fourth-order valence-corrected chi connectivity index (χ4v) is 3.43. The second-order valence-corrected chi connectivity index (χ2v) is 7.05. The molecule has 25 heavy (non-hydrogen) atoms. The van der Waals surface area contributed by atoms with Gasteiger partial charge in [0, 0.05) is 50.9 Å². The summed E-state index contributed by atoms with van der Waals surface area (Å²) in [5.74, 6) is -0.853. The number of likely N-dealkylation sites (tertiary alicyclic amines) is 1. The fourth-order valence-electron chi connectivity index (χ4n) is 3.43. The van der Waals surface area contributed by atoms with Gasteiger partial charge in [0.15, 0.2) is 11.6 Å². The van der Waals surface area contributed by atoms with Gasteiger partial charge < -0.3 is 20.3 Å². The van der Waals surface area contributed by atoms with Gasteiger partial charge in [-0.1, -0.05) is 0 Å². The summed E-state index contributed by atoms with van der Waals surface area (Å²) >= 11 is 0. The highest BCUT2D eigenvalue weighted by Crippen LogP contribution is 2.29. The predicted octanol–water partition coefficient (Wildman–Crippen LogP) is 1.52. The van der Waals surface area contributed by atoms with Crippen LogP contribution in [0.3, 0.4) is 0 Å². The molecular formula is C18H28F2N4O. The van der Waals surface area contributed by atoms with Crippen molar-refractivity contribution in [2.75, 3.05) is 64.4 Å². The Morgan fingerprint density at radius 1 is 1.04 bits per heavy atom. The van der Waals surface area contributed by atoms with Crippen molar-refractivity contribution in [2.24, 2.45) is 5.73 Å². The van der Waals surface area contributed by atoms with Gasteiger partial charge in [0.1, 0.15) is 18.0 Å². The molecule has 140 valence electrons. The number of nitrogens with two attached hydrogens (primary N) is 1. The maximum atomic E-state index is 14.4. The van der Waals surface area contributed by atoms with Crippen molar-refractivity contribution < 1.29 is 13.5 Å². The topological polar surface area (TPSA) is 45.0 Å². The lowest BCUT2D eigenvalue weighted by Gasteiger charge is -2.34. The molecule has 2 fully saturated rings. The van der Waals surface area contributed by atoms with Gasteiger partial charge in [-0.3, -0.25) is 4.90 Å². The molecule has 7 heteroatoms. The summed E-state index contributed by atoms with van der Waals surface area (Å²) in [5, 5.41) is 0. The van der Waals surface area contributed by atoms with Gasteiger partial charge in [0.25, 0.3) is 0 Å². The van der Waals surface area contributed by atoms with Crippen molar-refractivity contribution in [3.05, 3.63) is 23.8 Å². The van der Waals surface area contributed by atoms with E-state index >= 15 is 0 Å². The maximum absolute atomic E-state index is 14.4. The third kappa shape index (κ3) is 4.80. The van der Waals surface area contributed by atoms with Crippen LogP contribution in [0.25, 0.3) is 0 Å². The zero-order valence-electron chi connectivity index (χ0n) is 14.9. The standard InChI is InChI=1S/C18H28F2N4O/c1-22-6-8-24(9-7-22)18-16(19)12-15(13-17(18)20)25-11-10-23-4-2-14(21)3-5-23/h12-14H,2-11,21H2,1H3. The monoisotopic (exact) mass is 354 g/mol. The van der Waals surface area contributed by atoms with E-state index in [1.165, 1.54) is 12.1 Å². The number of halogens is 2. The number of nitrogens with zero attached hydrogens (tertiary/aromatic N) is 3. The molecule has 0 amide bonds. The van der Waals surface area contributed by atoms with Crippen LogP contribution < -0.4 is 15.4 Å². The number of likely N-dealkylation sites (N-methyl/N-ethyl adjacent to an activating group) is 1. The highest BCUT2D eigenvalue weighted by atomic mass is 19.1. The Hall–Kier alpha value is -1.44. The highest BCUT2D eigenvalue weighted by molar-refractivity contribution is 5.52. The summed E-state index contributed by atoms with van der Waals surface area (Å²) in [6.07, 6.45) is 1.98. The van der Waals surface area contributed by atoms with Gasteiger partial charge in [-0.05, 0) is 33.0 Å². The first-order valence-electron chi connectivity index (χ1n) is 9.06. The lowest BCUT2D eigenvalue weighted by Crippen LogP contribution is -2.45. The molecule has 0 radical (unpaired) electrons. The fraction of sp³-hybridized carbons (Fsp3) is 0.667. The van der Waals surface area contributed by atoms with Crippen molar-refractivity contribution in [1.82, 2.24) is 9.80 Å². The molecule has 1 aromatic rings. The van der Waals surface area contributed by atoms with Crippen LogP contribution in [0.5, 0.6) is 5.75 Å². The van der Waals surface area contributed by atoms with E-state index < -0.39 is 11.6 Å². The molecule has 0 spiro atoms. The minimum absolute atomic E-state index is 0.0606. The summed E-state index contributed by atoms with van der Waals surface area (Å²) in [5.41, 5.74) is 5.95. The Bertz CT molecular complexity index is 547. The van der Waals surface area contributed by atoms with E-state index in [0.29, 0.717) is 25.7 Å². The Labute approximate surface area is 148 Å². The zero-order chi connectivity index (χ0) is 17.8. The lowest BCUT2D eigenvalue weighted by atomic mass is 10.1. The number of benzene rings is 1. The van der Waals surface area contributed by atoms with Gasteiger partial charge in [0.2, 0.25) is 0 Å². The molecule has 0 bridgehead atoms. The van der Waals surface area contributed by atoms with Crippen molar-refractivity contribution in [1.29, 1.82) is 0 Å². The normalized spacial score (nSPS) is 20.9. The van der Waals surface area contributed by atoms with Gasteiger partial charge in [-0.15, -0.1) is 0 Å². The number of anilines is 1. The summed E-state index contributed by atoms with van der Waals surface area (Å²) in [4.78, 5) is 6.19. The molecule has 0 aliphatic carbocycles. The molecular weight excluding hydrogens is 326 g/mol. The third-order valence-corrected chi connectivity index (χ3v) is 5.12. The molecule has 2 heterocycles. The van der Waals surface area contributed by atoms with Crippen LogP contribution in [0.2, 0.25) is 0 Å². The van der Waals surface area contributed by atoms with Crippen LogP contribution in [-0.4, -0.2) is 75.3 Å². The van der Waals surface area contributed by atoms with Crippen LogP contribution in [-0.2, 0) is 0 Å². The van der Waals surface area contributed by atoms with Crippen molar-refractivity contribution in [2.45, 2.75) is 18.9 Å². The molecule has 2 N–H and O–H groups in total. The van der Waals surface area contributed by atoms with E-state index in [1.54, 1.807) is 4.90 Å². The van der Waals surface area contributed by atoms with Crippen molar-refractivity contribution in [3.8, 4) is 5.75 Å². The van der Waals surface area contributed by atoms with Gasteiger partial charge in [0.05, 0.1) is 0 Å². The summed E-state index contributed by atoms with van der Waals surface area (Å²) < 4.78 is 34.4. The summed E-state index contributed by atoms with van der Waals surface area (Å²) in [6, 6.07) is 2.88. The van der Waals surface area contributed by atoms with Gasteiger partial charge in [-0.25, -0.2) is 8.78 Å². The van der Waals surface area contributed by atoms with E-state index in [0.717, 1.165) is 45.6 Å². The molecule has 0 aromatic heterocycles. The molecule has 0 saturated carbocycles. The Morgan fingerprint density at radius 3 is 2.24 bits per heavy atom. The summed E-state index contributed by atoms with van der Waals surface area (Å²) in [6.45, 7) is 5.93. The second-order valence-electron chi connectivity index (χ2n) is 7.05. The minimum Gasteiger partial charge on any atom is -0.492 e. The van der Waals surface area contributed by atoms with Gasteiger partial charge in [-0.2, -0.15) is 0 Å². The van der Waals surface area contributed by atoms with E-state index in [4.69, 9.17) is 10.5 Å². The SMILES string of the molecule is CN1CCN(c2c(F)cc(OCCN3CCC(N)CC3)cc2F)CC1. The zero-order valence-corrected chi connectivity index (χ0v) is 14.9. The predicted molar refractivity (Wildman–Crippen MR) is 95.2 cm³/mol. The smallest absolute Gasteiger partial charge is 0.153 e. The van der Waals surface area contributed by atoms with Crippen LogP contribution in [0.4, 0.5) is 14.5 Å². The first-order chi connectivity index (χ1) is 12.0. The number of rotatable bonds is 5. The molecule has 1 aromatic carbocycles. The average Bonchev–Trinajstić information content (AvgIpc) is 2.58. The molecule has 5 nitrogen and oxygen atoms in total. The third-order valence-electron chi connectivity index (χ3n) is 5.12. The Balaban J connectivity index is 1.54. The average molecular weight is 354 g/mol. The Kier molecular flexibility index (Phi) is 6.09. The molecule has 2 aliphatic rings. The molecule has 2 saturated heterocycles. The molecule has 3 rings (SSSR count). The maximum Gasteiger partial charge on any atom is 0.153 e. The minimum atomic E-state index is -0.552. The number of piperazine rings is 1. The second kappa shape index (κ2) is 8.29.